The Balaban J connectivity index is 1.76. The third-order valence-electron chi connectivity index (χ3n) is 3.34. The molecule has 0 saturated carbocycles. The minimum absolute atomic E-state index is 0.0979. The summed E-state index contributed by atoms with van der Waals surface area (Å²) in [5, 5.41) is 3.29. The van der Waals surface area contributed by atoms with Gasteiger partial charge in [0.15, 0.2) is 6.61 Å². The number of hydrogen-bond donors (Lipinski definition) is 1. The van der Waals surface area contributed by atoms with Crippen molar-refractivity contribution in [2.75, 3.05) is 17.7 Å². The predicted octanol–water partition coefficient (Wildman–Crippen LogP) is 4.23. The fourth-order valence-corrected chi connectivity index (χ4v) is 2.94. The van der Waals surface area contributed by atoms with Crippen LogP contribution in [-0.2, 0) is 14.3 Å². The van der Waals surface area contributed by atoms with Crippen molar-refractivity contribution < 1.29 is 14.3 Å². The Morgan fingerprint density at radius 3 is 2.58 bits per heavy atom. The summed E-state index contributed by atoms with van der Waals surface area (Å²) in [4.78, 5) is 24.3. The number of rotatable bonds is 6. The van der Waals surface area contributed by atoms with Crippen LogP contribution < -0.4 is 5.32 Å². The van der Waals surface area contributed by atoms with Gasteiger partial charge in [0.1, 0.15) is 0 Å². The van der Waals surface area contributed by atoms with Gasteiger partial charge in [-0.15, -0.1) is 11.8 Å². The zero-order valence-corrected chi connectivity index (χ0v) is 15.0. The molecule has 2 aromatic rings. The van der Waals surface area contributed by atoms with Crippen molar-refractivity contribution in [3.8, 4) is 0 Å². The second-order valence-corrected chi connectivity index (χ2v) is 6.65. The first-order valence-corrected chi connectivity index (χ1v) is 8.72. The largest absolute Gasteiger partial charge is 0.455 e. The Kier molecular flexibility index (Phi) is 6.70. The lowest BCUT2D eigenvalue weighted by molar-refractivity contribution is -0.144. The Hall–Kier alpha value is -1.98. The van der Waals surface area contributed by atoms with Gasteiger partial charge in [-0.1, -0.05) is 29.8 Å². The molecule has 0 radical (unpaired) electrons. The van der Waals surface area contributed by atoms with E-state index in [0.29, 0.717) is 10.7 Å². The second kappa shape index (κ2) is 8.76. The number of anilines is 1. The molecule has 0 aromatic heterocycles. The summed E-state index contributed by atoms with van der Waals surface area (Å²) in [7, 11) is 0. The zero-order valence-electron chi connectivity index (χ0n) is 13.5. The highest BCUT2D eigenvalue weighted by Gasteiger charge is 2.10. The number of ether oxygens (including phenoxy) is 1. The lowest BCUT2D eigenvalue weighted by atomic mass is 10.1. The highest BCUT2D eigenvalue weighted by Crippen LogP contribution is 2.26. The molecule has 0 aliphatic heterocycles. The van der Waals surface area contributed by atoms with Crippen molar-refractivity contribution >= 4 is 40.9 Å². The van der Waals surface area contributed by atoms with E-state index in [9.17, 15) is 9.59 Å². The van der Waals surface area contributed by atoms with Crippen LogP contribution in [0, 0.1) is 13.8 Å². The van der Waals surface area contributed by atoms with Gasteiger partial charge in [0, 0.05) is 10.6 Å². The number of nitrogens with one attached hydrogen (secondary N) is 1. The maximum Gasteiger partial charge on any atom is 0.316 e. The summed E-state index contributed by atoms with van der Waals surface area (Å²) < 4.78 is 4.98. The first kappa shape index (κ1) is 18.4. The first-order valence-electron chi connectivity index (χ1n) is 7.36. The minimum atomic E-state index is -0.463. The first-order chi connectivity index (χ1) is 11.5. The number of hydrogen-bond acceptors (Lipinski definition) is 4. The lowest BCUT2D eigenvalue weighted by Gasteiger charge is -2.08. The Morgan fingerprint density at radius 2 is 1.88 bits per heavy atom. The zero-order chi connectivity index (χ0) is 17.5. The van der Waals surface area contributed by atoms with Crippen molar-refractivity contribution in [2.45, 2.75) is 18.7 Å². The van der Waals surface area contributed by atoms with Gasteiger partial charge in [-0.3, -0.25) is 9.59 Å². The van der Waals surface area contributed by atoms with Crippen LogP contribution >= 0.6 is 23.4 Å². The van der Waals surface area contributed by atoms with Crippen molar-refractivity contribution in [1.82, 2.24) is 0 Å². The van der Waals surface area contributed by atoms with Crippen LogP contribution in [0.25, 0.3) is 0 Å². The van der Waals surface area contributed by atoms with Crippen LogP contribution in [0.4, 0.5) is 5.69 Å². The molecule has 24 heavy (non-hydrogen) atoms. The van der Waals surface area contributed by atoms with Crippen molar-refractivity contribution in [3.63, 3.8) is 0 Å². The van der Waals surface area contributed by atoms with Crippen molar-refractivity contribution in [1.29, 1.82) is 0 Å². The number of carbonyl (C=O) groups excluding carboxylic acids is 2. The van der Waals surface area contributed by atoms with Crippen LogP contribution in [0.1, 0.15) is 11.1 Å². The molecule has 0 unspecified atom stereocenters. The molecule has 1 N–H and O–H groups in total. The molecular weight excluding hydrogens is 346 g/mol. The van der Waals surface area contributed by atoms with Gasteiger partial charge in [0.2, 0.25) is 0 Å². The number of halogens is 1. The third-order valence-corrected chi connectivity index (χ3v) is 4.83. The summed E-state index contributed by atoms with van der Waals surface area (Å²) >= 11 is 7.29. The van der Waals surface area contributed by atoms with Crippen LogP contribution in [0.3, 0.4) is 0 Å². The molecule has 0 aliphatic carbocycles. The van der Waals surface area contributed by atoms with E-state index >= 15 is 0 Å². The van der Waals surface area contributed by atoms with E-state index < -0.39 is 5.97 Å². The highest BCUT2D eigenvalue weighted by atomic mass is 35.5. The number of esters is 1. The number of aryl methyl sites for hydroxylation is 2. The maximum atomic E-state index is 11.8. The predicted molar refractivity (Wildman–Crippen MR) is 97.7 cm³/mol. The molecule has 0 spiro atoms. The topological polar surface area (TPSA) is 55.4 Å². The van der Waals surface area contributed by atoms with Gasteiger partial charge in [0.05, 0.1) is 10.8 Å². The lowest BCUT2D eigenvalue weighted by Crippen LogP contribution is -2.21. The molecule has 0 atom stereocenters. The fourth-order valence-electron chi connectivity index (χ4n) is 1.90. The Labute approximate surface area is 150 Å². The van der Waals surface area contributed by atoms with Crippen LogP contribution in [0.5, 0.6) is 0 Å². The molecule has 0 fully saturated rings. The van der Waals surface area contributed by atoms with E-state index in [4.69, 9.17) is 16.3 Å². The molecule has 0 saturated heterocycles. The molecule has 6 heteroatoms. The van der Waals surface area contributed by atoms with Crippen molar-refractivity contribution in [2.24, 2.45) is 0 Å². The summed E-state index contributed by atoms with van der Waals surface area (Å²) in [6.45, 7) is 3.66. The molecule has 1 amide bonds. The smallest absolute Gasteiger partial charge is 0.316 e. The minimum Gasteiger partial charge on any atom is -0.455 e. The Bertz CT molecular complexity index is 749. The highest BCUT2D eigenvalue weighted by molar-refractivity contribution is 8.00. The monoisotopic (exact) mass is 363 g/mol. The number of thioether (sulfide) groups is 1. The summed E-state index contributed by atoms with van der Waals surface area (Å²) in [6, 6.07) is 12.9. The van der Waals surface area contributed by atoms with E-state index in [1.54, 1.807) is 6.07 Å². The van der Waals surface area contributed by atoms with E-state index in [1.165, 1.54) is 11.8 Å². The Morgan fingerprint density at radius 1 is 1.12 bits per heavy atom. The normalized spacial score (nSPS) is 10.3. The van der Waals surface area contributed by atoms with Crippen LogP contribution in [-0.4, -0.2) is 24.2 Å². The average Bonchev–Trinajstić information content (AvgIpc) is 2.55. The maximum absolute atomic E-state index is 11.8. The molecule has 126 valence electrons. The van der Waals surface area contributed by atoms with E-state index in [2.05, 4.69) is 5.32 Å². The number of benzene rings is 2. The van der Waals surface area contributed by atoms with E-state index in [1.807, 2.05) is 50.2 Å². The SMILES string of the molecule is Cc1ccc(NC(=O)COC(=O)CSc2ccccc2Cl)cc1C. The standard InChI is InChI=1S/C18H18ClNO3S/c1-12-7-8-14(9-13(12)2)20-17(21)10-23-18(22)11-24-16-6-4-3-5-15(16)19/h3-9H,10-11H2,1-2H3,(H,20,21). The van der Waals surface area contributed by atoms with Crippen LogP contribution in [0.2, 0.25) is 5.02 Å². The van der Waals surface area contributed by atoms with Gasteiger partial charge < -0.3 is 10.1 Å². The molecule has 4 nitrogen and oxygen atoms in total. The van der Waals surface area contributed by atoms with Gasteiger partial charge in [-0.2, -0.15) is 0 Å². The van der Waals surface area contributed by atoms with E-state index in [-0.39, 0.29) is 18.3 Å². The van der Waals surface area contributed by atoms with E-state index in [0.717, 1.165) is 16.0 Å². The number of carbonyl (C=O) groups is 2. The molecule has 2 rings (SSSR count). The summed E-state index contributed by atoms with van der Waals surface area (Å²) in [6.07, 6.45) is 0. The second-order valence-electron chi connectivity index (χ2n) is 5.23. The van der Waals surface area contributed by atoms with Gasteiger partial charge >= 0.3 is 5.97 Å². The average molecular weight is 364 g/mol. The molecular formula is C18H18ClNO3S. The van der Waals surface area contributed by atoms with Gasteiger partial charge in [-0.25, -0.2) is 0 Å². The number of amides is 1. The van der Waals surface area contributed by atoms with Crippen molar-refractivity contribution in [3.05, 3.63) is 58.6 Å². The molecule has 2 aromatic carbocycles. The third kappa shape index (κ3) is 5.58. The van der Waals surface area contributed by atoms with Crippen LogP contribution in [0.15, 0.2) is 47.4 Å². The molecule has 0 heterocycles. The van der Waals surface area contributed by atoms with Gasteiger partial charge in [0.25, 0.3) is 5.91 Å². The molecule has 0 aliphatic rings. The quantitative estimate of drug-likeness (QED) is 0.616. The molecule has 0 bridgehead atoms. The van der Waals surface area contributed by atoms with Gasteiger partial charge in [-0.05, 0) is 49.2 Å². The fraction of sp³-hybridized carbons (Fsp3) is 0.222. The summed E-state index contributed by atoms with van der Waals surface area (Å²) in [5.74, 6) is -0.731. The summed E-state index contributed by atoms with van der Waals surface area (Å²) in [5.41, 5.74) is 2.92.